The van der Waals surface area contributed by atoms with Crippen molar-refractivity contribution in [2.45, 2.75) is 27.2 Å². The Morgan fingerprint density at radius 1 is 1.39 bits per heavy atom. The third-order valence-electron chi connectivity index (χ3n) is 2.76. The minimum atomic E-state index is 0.660. The van der Waals surface area contributed by atoms with Crippen molar-refractivity contribution in [1.82, 2.24) is 14.8 Å². The van der Waals surface area contributed by atoms with Gasteiger partial charge in [0.2, 0.25) is 0 Å². The first-order chi connectivity index (χ1) is 8.65. The summed E-state index contributed by atoms with van der Waals surface area (Å²) in [6, 6.07) is 3.74. The van der Waals surface area contributed by atoms with E-state index in [1.165, 1.54) is 0 Å². The second-order valence-corrected chi connectivity index (χ2v) is 4.17. The van der Waals surface area contributed by atoms with Gasteiger partial charge in [-0.2, -0.15) is 5.10 Å². The average molecular weight is 246 g/mol. The Bertz CT molecular complexity index is 548. The summed E-state index contributed by atoms with van der Waals surface area (Å²) in [6.45, 7) is 6.53. The lowest BCUT2D eigenvalue weighted by Crippen LogP contribution is -2.06. The molecule has 0 saturated heterocycles. The fourth-order valence-electron chi connectivity index (χ4n) is 1.73. The van der Waals surface area contributed by atoms with Crippen molar-refractivity contribution in [1.29, 1.82) is 0 Å². The molecule has 0 unspecified atom stereocenters. The molecule has 18 heavy (non-hydrogen) atoms. The highest BCUT2D eigenvalue weighted by molar-refractivity contribution is 5.51. The monoisotopic (exact) mass is 246 g/mol. The summed E-state index contributed by atoms with van der Waals surface area (Å²) >= 11 is 0. The number of nitrogens with two attached hydrogens (primary N) is 1. The predicted molar refractivity (Wildman–Crippen MR) is 71.0 cm³/mol. The molecule has 0 aromatic carbocycles. The Labute approximate surface area is 107 Å². The maximum atomic E-state index is 5.94. The van der Waals surface area contributed by atoms with Gasteiger partial charge in [-0.1, -0.05) is 6.92 Å². The zero-order valence-corrected chi connectivity index (χ0v) is 11.0. The SMILES string of the molecule is CCCOc1cccnc1-n1nc(C)c(N)c1C. The third-order valence-corrected chi connectivity index (χ3v) is 2.76. The molecule has 2 heterocycles. The number of hydrogen-bond donors (Lipinski definition) is 1. The van der Waals surface area contributed by atoms with Crippen LogP contribution >= 0.6 is 0 Å². The highest BCUT2D eigenvalue weighted by Gasteiger charge is 2.14. The maximum Gasteiger partial charge on any atom is 0.196 e. The van der Waals surface area contributed by atoms with Gasteiger partial charge in [-0.25, -0.2) is 9.67 Å². The fourth-order valence-corrected chi connectivity index (χ4v) is 1.73. The van der Waals surface area contributed by atoms with Crippen LogP contribution in [0, 0.1) is 13.8 Å². The molecular formula is C13H18N4O. The van der Waals surface area contributed by atoms with Crippen LogP contribution in [0.25, 0.3) is 5.82 Å². The van der Waals surface area contributed by atoms with E-state index in [9.17, 15) is 0 Å². The van der Waals surface area contributed by atoms with Crippen LogP contribution in [0.1, 0.15) is 24.7 Å². The molecule has 0 aliphatic heterocycles. The number of nitrogens with zero attached hydrogens (tertiary/aromatic N) is 3. The third kappa shape index (κ3) is 2.16. The van der Waals surface area contributed by atoms with Crippen LogP contribution in [0.4, 0.5) is 5.69 Å². The van der Waals surface area contributed by atoms with Crippen LogP contribution in [-0.4, -0.2) is 21.4 Å². The number of aromatic nitrogens is 3. The van der Waals surface area contributed by atoms with Crippen LogP contribution in [0.5, 0.6) is 5.75 Å². The maximum absolute atomic E-state index is 5.94. The van der Waals surface area contributed by atoms with Crippen molar-refractivity contribution in [3.05, 3.63) is 29.7 Å². The van der Waals surface area contributed by atoms with Crippen LogP contribution in [0.3, 0.4) is 0 Å². The second-order valence-electron chi connectivity index (χ2n) is 4.17. The lowest BCUT2D eigenvalue weighted by molar-refractivity contribution is 0.314. The molecule has 0 saturated carbocycles. The fraction of sp³-hybridized carbons (Fsp3) is 0.385. The Kier molecular flexibility index (Phi) is 3.50. The van der Waals surface area contributed by atoms with Crippen LogP contribution < -0.4 is 10.5 Å². The normalized spacial score (nSPS) is 10.6. The first-order valence-corrected chi connectivity index (χ1v) is 6.05. The molecule has 0 amide bonds. The van der Waals surface area contributed by atoms with Crippen molar-refractivity contribution in [2.24, 2.45) is 0 Å². The number of rotatable bonds is 4. The highest BCUT2D eigenvalue weighted by Crippen LogP contribution is 2.24. The van der Waals surface area contributed by atoms with E-state index in [-0.39, 0.29) is 0 Å². The average Bonchev–Trinajstić information content (AvgIpc) is 2.64. The summed E-state index contributed by atoms with van der Waals surface area (Å²) in [4.78, 5) is 4.34. The lowest BCUT2D eigenvalue weighted by atomic mass is 10.3. The molecule has 0 fully saturated rings. The molecule has 2 aromatic heterocycles. The quantitative estimate of drug-likeness (QED) is 0.898. The summed E-state index contributed by atoms with van der Waals surface area (Å²) in [5.41, 5.74) is 8.32. The van der Waals surface area contributed by atoms with Gasteiger partial charge in [0.25, 0.3) is 0 Å². The first-order valence-electron chi connectivity index (χ1n) is 6.05. The molecule has 2 rings (SSSR count). The van der Waals surface area contributed by atoms with Crippen molar-refractivity contribution in [2.75, 3.05) is 12.3 Å². The zero-order valence-electron chi connectivity index (χ0n) is 11.0. The van der Waals surface area contributed by atoms with Crippen LogP contribution in [0.2, 0.25) is 0 Å². The number of hydrogen-bond acceptors (Lipinski definition) is 4. The molecule has 0 aliphatic carbocycles. The van der Waals surface area contributed by atoms with Gasteiger partial charge in [0, 0.05) is 6.20 Å². The van der Waals surface area contributed by atoms with Crippen LogP contribution in [-0.2, 0) is 0 Å². The number of anilines is 1. The number of pyridine rings is 1. The molecule has 0 atom stereocenters. The summed E-state index contributed by atoms with van der Waals surface area (Å²) in [5.74, 6) is 1.41. The summed E-state index contributed by atoms with van der Waals surface area (Å²) < 4.78 is 7.41. The number of ether oxygens (including phenoxy) is 1. The minimum Gasteiger partial charge on any atom is -0.490 e. The molecular weight excluding hydrogens is 228 g/mol. The number of aryl methyl sites for hydroxylation is 1. The van der Waals surface area contributed by atoms with Crippen molar-refractivity contribution in [3.63, 3.8) is 0 Å². The largest absolute Gasteiger partial charge is 0.490 e. The van der Waals surface area contributed by atoms with Crippen molar-refractivity contribution >= 4 is 5.69 Å². The van der Waals surface area contributed by atoms with E-state index >= 15 is 0 Å². The molecule has 5 nitrogen and oxygen atoms in total. The van der Waals surface area contributed by atoms with E-state index in [1.54, 1.807) is 10.9 Å². The molecule has 2 aromatic rings. The Morgan fingerprint density at radius 2 is 2.17 bits per heavy atom. The van der Waals surface area contributed by atoms with Gasteiger partial charge in [0.05, 0.1) is 23.7 Å². The highest BCUT2D eigenvalue weighted by atomic mass is 16.5. The topological polar surface area (TPSA) is 66.0 Å². The summed E-state index contributed by atoms with van der Waals surface area (Å²) in [5, 5.41) is 4.40. The van der Waals surface area contributed by atoms with Gasteiger partial charge >= 0.3 is 0 Å². The van der Waals surface area contributed by atoms with Gasteiger partial charge in [-0.3, -0.25) is 0 Å². The Morgan fingerprint density at radius 3 is 2.78 bits per heavy atom. The minimum absolute atomic E-state index is 0.660. The Balaban J connectivity index is 2.46. The molecule has 0 aliphatic rings. The molecule has 0 bridgehead atoms. The van der Waals surface area contributed by atoms with Gasteiger partial charge in [0.1, 0.15) is 0 Å². The molecule has 96 valence electrons. The first kappa shape index (κ1) is 12.4. The van der Waals surface area contributed by atoms with Crippen LogP contribution in [0.15, 0.2) is 18.3 Å². The van der Waals surface area contributed by atoms with E-state index in [0.29, 0.717) is 18.1 Å². The van der Waals surface area contributed by atoms with Crippen molar-refractivity contribution in [3.8, 4) is 11.6 Å². The Hall–Kier alpha value is -2.04. The van der Waals surface area contributed by atoms with Gasteiger partial charge in [-0.15, -0.1) is 0 Å². The van der Waals surface area contributed by atoms with Crippen molar-refractivity contribution < 1.29 is 4.74 Å². The van der Waals surface area contributed by atoms with E-state index in [4.69, 9.17) is 10.5 Å². The van der Waals surface area contributed by atoms with Gasteiger partial charge < -0.3 is 10.5 Å². The molecule has 0 spiro atoms. The van der Waals surface area contributed by atoms with E-state index in [1.807, 2.05) is 26.0 Å². The van der Waals surface area contributed by atoms with Gasteiger partial charge in [0.15, 0.2) is 11.6 Å². The van der Waals surface area contributed by atoms with E-state index in [2.05, 4.69) is 17.0 Å². The second kappa shape index (κ2) is 5.08. The standard InChI is InChI=1S/C13H18N4O/c1-4-8-18-11-6-5-7-15-13(11)17-10(3)12(14)9(2)16-17/h5-7H,4,8,14H2,1-3H3. The van der Waals surface area contributed by atoms with E-state index in [0.717, 1.165) is 23.6 Å². The van der Waals surface area contributed by atoms with E-state index < -0.39 is 0 Å². The molecule has 0 radical (unpaired) electrons. The smallest absolute Gasteiger partial charge is 0.196 e. The number of nitrogen functional groups attached to an aromatic ring is 1. The summed E-state index contributed by atoms with van der Waals surface area (Å²) in [6.07, 6.45) is 2.67. The zero-order chi connectivity index (χ0) is 13.1. The lowest BCUT2D eigenvalue weighted by Gasteiger charge is -2.10. The summed E-state index contributed by atoms with van der Waals surface area (Å²) in [7, 11) is 0. The molecule has 2 N–H and O–H groups in total. The van der Waals surface area contributed by atoms with Gasteiger partial charge in [-0.05, 0) is 32.4 Å². The predicted octanol–water partition coefficient (Wildman–Crippen LogP) is 2.26. The molecule has 5 heteroatoms.